The molecule has 0 aliphatic carbocycles. The molecule has 1 unspecified atom stereocenters. The number of halogens is 1. The average molecular weight is 492 g/mol. The number of pyridine rings is 1. The number of cyclic esters (lactones) is 1. The van der Waals surface area contributed by atoms with E-state index in [0.29, 0.717) is 29.8 Å². The third-order valence-corrected chi connectivity index (χ3v) is 5.83. The molecule has 4 rings (SSSR count). The molecular formula is C26H26FN5O4. The summed E-state index contributed by atoms with van der Waals surface area (Å²) in [6, 6.07) is 12.4. The SMILES string of the molecule is C[C@@H](NC1CCOC1=O)C(=O)Nc1cccc(-c2cc(C(=O)Nc3ccncc3F)ccc2CN)c1. The van der Waals surface area contributed by atoms with Crippen LogP contribution < -0.4 is 21.7 Å². The van der Waals surface area contributed by atoms with Gasteiger partial charge in [0.05, 0.1) is 24.5 Å². The maximum atomic E-state index is 13.9. The van der Waals surface area contributed by atoms with Gasteiger partial charge < -0.3 is 21.1 Å². The number of anilines is 2. The molecule has 9 nitrogen and oxygen atoms in total. The predicted molar refractivity (Wildman–Crippen MR) is 133 cm³/mol. The molecule has 186 valence electrons. The Labute approximate surface area is 207 Å². The fourth-order valence-electron chi connectivity index (χ4n) is 3.88. The number of carbonyl (C=O) groups excluding carboxylic acids is 3. The van der Waals surface area contributed by atoms with Crippen LogP contribution in [-0.2, 0) is 20.9 Å². The normalized spacial score (nSPS) is 15.8. The minimum absolute atomic E-state index is 0.0257. The predicted octanol–water partition coefficient (Wildman–Crippen LogP) is 2.83. The van der Waals surface area contributed by atoms with Crippen molar-refractivity contribution in [3.05, 3.63) is 77.9 Å². The summed E-state index contributed by atoms with van der Waals surface area (Å²) in [6.45, 7) is 2.24. The lowest BCUT2D eigenvalue weighted by Crippen LogP contribution is -2.45. The van der Waals surface area contributed by atoms with E-state index in [-0.39, 0.29) is 24.1 Å². The molecule has 2 amide bonds. The molecule has 0 bridgehead atoms. The van der Waals surface area contributed by atoms with Crippen molar-refractivity contribution in [3.63, 3.8) is 0 Å². The number of benzene rings is 2. The van der Waals surface area contributed by atoms with E-state index in [2.05, 4.69) is 20.9 Å². The van der Waals surface area contributed by atoms with Crippen molar-refractivity contribution < 1.29 is 23.5 Å². The van der Waals surface area contributed by atoms with Crippen molar-refractivity contribution in [2.45, 2.75) is 32.0 Å². The molecule has 0 saturated carbocycles. The number of nitrogens with two attached hydrogens (primary N) is 1. The van der Waals surface area contributed by atoms with Gasteiger partial charge in [0.2, 0.25) is 5.91 Å². The maximum Gasteiger partial charge on any atom is 0.323 e. The monoisotopic (exact) mass is 491 g/mol. The van der Waals surface area contributed by atoms with Crippen LogP contribution in [0.15, 0.2) is 60.9 Å². The van der Waals surface area contributed by atoms with Gasteiger partial charge in [-0.25, -0.2) is 4.39 Å². The number of nitrogens with one attached hydrogen (secondary N) is 3. The average Bonchev–Trinajstić information content (AvgIpc) is 3.29. The lowest BCUT2D eigenvalue weighted by Gasteiger charge is -2.17. The summed E-state index contributed by atoms with van der Waals surface area (Å²) in [7, 11) is 0. The second-order valence-corrected chi connectivity index (χ2v) is 8.35. The first kappa shape index (κ1) is 25.0. The van der Waals surface area contributed by atoms with Crippen LogP contribution in [0.3, 0.4) is 0 Å². The molecule has 1 aliphatic rings. The molecular weight excluding hydrogens is 465 g/mol. The second-order valence-electron chi connectivity index (χ2n) is 8.35. The third-order valence-electron chi connectivity index (χ3n) is 5.83. The zero-order chi connectivity index (χ0) is 25.7. The summed E-state index contributed by atoms with van der Waals surface area (Å²) in [6.07, 6.45) is 2.93. The molecule has 2 heterocycles. The van der Waals surface area contributed by atoms with Gasteiger partial charge in [0.1, 0.15) is 6.04 Å². The van der Waals surface area contributed by atoms with E-state index in [1.54, 1.807) is 43.3 Å². The Morgan fingerprint density at radius 2 is 2.03 bits per heavy atom. The van der Waals surface area contributed by atoms with Crippen molar-refractivity contribution >= 4 is 29.2 Å². The minimum Gasteiger partial charge on any atom is -0.464 e. The van der Waals surface area contributed by atoms with E-state index in [1.807, 2.05) is 6.07 Å². The zero-order valence-electron chi connectivity index (χ0n) is 19.6. The van der Waals surface area contributed by atoms with E-state index in [0.717, 1.165) is 17.3 Å². The highest BCUT2D eigenvalue weighted by Crippen LogP contribution is 2.28. The van der Waals surface area contributed by atoms with Crippen LogP contribution >= 0.6 is 0 Å². The third kappa shape index (κ3) is 5.73. The smallest absolute Gasteiger partial charge is 0.323 e. The Balaban J connectivity index is 1.52. The maximum absolute atomic E-state index is 13.9. The Morgan fingerprint density at radius 1 is 1.19 bits per heavy atom. The Kier molecular flexibility index (Phi) is 7.67. The summed E-state index contributed by atoms with van der Waals surface area (Å²) in [5.74, 6) is -1.79. The summed E-state index contributed by atoms with van der Waals surface area (Å²) < 4.78 is 18.8. The van der Waals surface area contributed by atoms with Crippen molar-refractivity contribution in [2.24, 2.45) is 5.73 Å². The van der Waals surface area contributed by atoms with Gasteiger partial charge in [0, 0.05) is 30.4 Å². The van der Waals surface area contributed by atoms with Gasteiger partial charge in [-0.15, -0.1) is 0 Å². The first-order valence-corrected chi connectivity index (χ1v) is 11.4. The quantitative estimate of drug-likeness (QED) is 0.356. The molecule has 1 aliphatic heterocycles. The van der Waals surface area contributed by atoms with Gasteiger partial charge in [0.25, 0.3) is 5.91 Å². The number of rotatable bonds is 8. The highest BCUT2D eigenvalue weighted by molar-refractivity contribution is 6.05. The van der Waals surface area contributed by atoms with Gasteiger partial charge in [-0.2, -0.15) is 0 Å². The number of hydrogen-bond donors (Lipinski definition) is 4. The summed E-state index contributed by atoms with van der Waals surface area (Å²) in [4.78, 5) is 40.8. The van der Waals surface area contributed by atoms with Gasteiger partial charge in [-0.1, -0.05) is 18.2 Å². The van der Waals surface area contributed by atoms with Gasteiger partial charge in [-0.3, -0.25) is 24.7 Å². The first-order valence-electron chi connectivity index (χ1n) is 11.4. The molecule has 1 aromatic heterocycles. The van der Waals surface area contributed by atoms with Gasteiger partial charge in [0.15, 0.2) is 5.82 Å². The van der Waals surface area contributed by atoms with Crippen molar-refractivity contribution in [1.29, 1.82) is 0 Å². The van der Waals surface area contributed by atoms with E-state index >= 15 is 0 Å². The van der Waals surface area contributed by atoms with Crippen LogP contribution in [-0.4, -0.2) is 41.5 Å². The summed E-state index contributed by atoms with van der Waals surface area (Å²) in [5, 5.41) is 8.36. The highest BCUT2D eigenvalue weighted by Gasteiger charge is 2.29. The summed E-state index contributed by atoms with van der Waals surface area (Å²) in [5.41, 5.74) is 9.04. The van der Waals surface area contributed by atoms with Crippen LogP contribution in [0, 0.1) is 5.82 Å². The number of ether oxygens (including phenoxy) is 1. The number of carbonyl (C=O) groups is 3. The fourth-order valence-corrected chi connectivity index (χ4v) is 3.88. The standard InChI is InChI=1S/C26H26FN5O4/c1-15(30-23-8-10-36-26(23)35)24(33)31-19-4-2-3-16(11-19)20-12-17(5-6-18(20)13-28)25(34)32-22-7-9-29-14-21(22)27/h2-7,9,11-12,14-15,23,30H,8,10,13,28H2,1H3,(H,31,33)(H,29,32,34)/t15-,23?/m1/s1. The molecule has 2 atom stereocenters. The van der Waals surface area contributed by atoms with Crippen LogP contribution in [0.1, 0.15) is 29.3 Å². The van der Waals surface area contributed by atoms with Crippen molar-refractivity contribution in [1.82, 2.24) is 10.3 Å². The molecule has 0 spiro atoms. The molecule has 1 fully saturated rings. The minimum atomic E-state index is -0.637. The van der Waals surface area contributed by atoms with E-state index in [9.17, 15) is 18.8 Å². The zero-order valence-corrected chi connectivity index (χ0v) is 19.6. The summed E-state index contributed by atoms with van der Waals surface area (Å²) >= 11 is 0. The second kappa shape index (κ2) is 11.1. The lowest BCUT2D eigenvalue weighted by molar-refractivity contribution is -0.139. The van der Waals surface area contributed by atoms with Crippen LogP contribution in [0.5, 0.6) is 0 Å². The van der Waals surface area contributed by atoms with Crippen LogP contribution in [0.25, 0.3) is 11.1 Å². The lowest BCUT2D eigenvalue weighted by atomic mass is 9.96. The number of aromatic nitrogens is 1. The van der Waals surface area contributed by atoms with Crippen LogP contribution in [0.4, 0.5) is 15.8 Å². The van der Waals surface area contributed by atoms with Crippen molar-refractivity contribution in [2.75, 3.05) is 17.2 Å². The van der Waals surface area contributed by atoms with E-state index in [4.69, 9.17) is 10.5 Å². The van der Waals surface area contributed by atoms with E-state index in [1.165, 1.54) is 12.3 Å². The van der Waals surface area contributed by atoms with E-state index < -0.39 is 23.8 Å². The molecule has 10 heteroatoms. The molecule has 1 saturated heterocycles. The Bertz CT molecular complexity index is 1300. The molecule has 36 heavy (non-hydrogen) atoms. The van der Waals surface area contributed by atoms with Gasteiger partial charge in [-0.05, 0) is 53.9 Å². The number of amides is 2. The molecule has 5 N–H and O–H groups in total. The number of nitrogens with zero attached hydrogens (tertiary/aromatic N) is 1. The number of hydrogen-bond acceptors (Lipinski definition) is 7. The molecule has 0 radical (unpaired) electrons. The van der Waals surface area contributed by atoms with Crippen LogP contribution in [0.2, 0.25) is 0 Å². The largest absolute Gasteiger partial charge is 0.464 e. The number of esters is 1. The van der Waals surface area contributed by atoms with Crippen molar-refractivity contribution in [3.8, 4) is 11.1 Å². The Morgan fingerprint density at radius 3 is 2.75 bits per heavy atom. The fraction of sp³-hybridized carbons (Fsp3) is 0.231. The van der Waals surface area contributed by atoms with Gasteiger partial charge >= 0.3 is 5.97 Å². The molecule has 2 aromatic carbocycles. The Hall–Kier alpha value is -4.15. The highest BCUT2D eigenvalue weighted by atomic mass is 19.1. The first-order chi connectivity index (χ1) is 17.4. The topological polar surface area (TPSA) is 135 Å². The molecule has 3 aromatic rings.